The first-order valence-corrected chi connectivity index (χ1v) is 13.7. The minimum absolute atomic E-state index is 0.162. The number of hydrogen-bond donors (Lipinski definition) is 1. The molecule has 0 radical (unpaired) electrons. The lowest BCUT2D eigenvalue weighted by atomic mass is 10.1. The smallest absolute Gasteiger partial charge is 0.322 e. The lowest BCUT2D eigenvalue weighted by molar-refractivity contribution is 0.187. The molecule has 210 valence electrons. The summed E-state index contributed by atoms with van der Waals surface area (Å²) in [6.07, 6.45) is 2.80. The van der Waals surface area contributed by atoms with Crippen LogP contribution in [0.15, 0.2) is 65.5 Å². The predicted molar refractivity (Wildman–Crippen MR) is 160 cm³/mol. The molecule has 8 nitrogen and oxygen atoms in total. The monoisotopic (exact) mass is 542 g/mol. The van der Waals surface area contributed by atoms with Crippen molar-refractivity contribution in [1.82, 2.24) is 14.5 Å². The molecule has 0 aliphatic rings. The zero-order chi connectivity index (χ0) is 28.8. The summed E-state index contributed by atoms with van der Waals surface area (Å²) in [6, 6.07) is 17.7. The molecular formula is C32H38N4O4. The van der Waals surface area contributed by atoms with Crippen molar-refractivity contribution >= 4 is 22.6 Å². The van der Waals surface area contributed by atoms with Crippen molar-refractivity contribution in [3.05, 3.63) is 88.0 Å². The van der Waals surface area contributed by atoms with Gasteiger partial charge in [0.15, 0.2) is 0 Å². The van der Waals surface area contributed by atoms with Crippen LogP contribution >= 0.6 is 0 Å². The molecule has 0 saturated heterocycles. The number of amides is 2. The summed E-state index contributed by atoms with van der Waals surface area (Å²) in [6.45, 7) is 8.55. The second kappa shape index (κ2) is 12.7. The molecule has 0 aliphatic carbocycles. The Bertz CT molecular complexity index is 1560. The van der Waals surface area contributed by atoms with Gasteiger partial charge in [-0.05, 0) is 63.1 Å². The zero-order valence-electron chi connectivity index (χ0n) is 24.2. The highest BCUT2D eigenvalue weighted by atomic mass is 16.5. The number of ether oxygens (including phenoxy) is 2. The maximum absolute atomic E-state index is 14.0. The number of fused-ring (bicyclic) bond motifs is 1. The third-order valence-corrected chi connectivity index (χ3v) is 7.15. The maximum Gasteiger partial charge on any atom is 0.322 e. The molecule has 3 aromatic carbocycles. The number of carbonyl (C=O) groups is 1. The molecule has 1 atom stereocenters. The number of methoxy groups -OCH3 is 2. The number of aryl methyl sites for hydroxylation is 2. The first-order valence-electron chi connectivity index (χ1n) is 13.7. The van der Waals surface area contributed by atoms with E-state index in [-0.39, 0.29) is 11.6 Å². The standard InChI is InChI=1S/C32H38N4O4/c1-7-8-11-18-35(32(38)34-27-16-15-24(39-5)20-29(27)40-6)23(4)30-33-26-13-10-9-12-25(26)31(37)36(30)28-17-14-21(2)19-22(28)3/h9-10,12-17,19-20,23H,7-8,11,18H2,1-6H3,(H,34,38). The molecule has 4 rings (SSSR count). The SMILES string of the molecule is CCCCCN(C(=O)Nc1ccc(OC)cc1OC)C(C)c1nc2ccccc2c(=O)n1-c1ccc(C)cc1C. The van der Waals surface area contributed by atoms with Crippen LogP contribution in [0.2, 0.25) is 0 Å². The summed E-state index contributed by atoms with van der Waals surface area (Å²) in [5.41, 5.74) is 3.77. The normalized spacial score (nSPS) is 11.8. The minimum atomic E-state index is -0.515. The Labute approximate surface area is 235 Å². The highest BCUT2D eigenvalue weighted by molar-refractivity contribution is 5.91. The third kappa shape index (κ3) is 5.96. The number of hydrogen-bond acceptors (Lipinski definition) is 5. The quantitative estimate of drug-likeness (QED) is 0.223. The van der Waals surface area contributed by atoms with Crippen molar-refractivity contribution in [2.24, 2.45) is 0 Å². The van der Waals surface area contributed by atoms with Crippen LogP contribution in [-0.4, -0.2) is 41.2 Å². The van der Waals surface area contributed by atoms with E-state index in [1.54, 1.807) is 48.0 Å². The van der Waals surface area contributed by atoms with Gasteiger partial charge in [0, 0.05) is 12.6 Å². The number of aromatic nitrogens is 2. The van der Waals surface area contributed by atoms with E-state index in [0.717, 1.165) is 36.1 Å². The Morgan fingerprint density at radius 3 is 2.50 bits per heavy atom. The average molecular weight is 543 g/mol. The summed E-state index contributed by atoms with van der Waals surface area (Å²) in [5.74, 6) is 1.62. The lowest BCUT2D eigenvalue weighted by Crippen LogP contribution is -2.40. The Morgan fingerprint density at radius 1 is 1.02 bits per heavy atom. The molecule has 0 spiro atoms. The van der Waals surface area contributed by atoms with Crippen molar-refractivity contribution in [2.75, 3.05) is 26.1 Å². The van der Waals surface area contributed by atoms with E-state index in [2.05, 4.69) is 12.2 Å². The molecule has 0 bridgehead atoms. The van der Waals surface area contributed by atoms with Crippen LogP contribution in [-0.2, 0) is 0 Å². The van der Waals surface area contributed by atoms with Crippen molar-refractivity contribution in [1.29, 1.82) is 0 Å². The van der Waals surface area contributed by atoms with Crippen molar-refractivity contribution in [3.8, 4) is 17.2 Å². The van der Waals surface area contributed by atoms with E-state index >= 15 is 0 Å². The van der Waals surface area contributed by atoms with Crippen LogP contribution in [0.25, 0.3) is 16.6 Å². The Kier molecular flexibility index (Phi) is 9.09. The molecule has 0 aliphatic heterocycles. The molecule has 40 heavy (non-hydrogen) atoms. The molecular weight excluding hydrogens is 504 g/mol. The van der Waals surface area contributed by atoms with E-state index in [0.29, 0.717) is 40.5 Å². The number of para-hydroxylation sites is 1. The van der Waals surface area contributed by atoms with Gasteiger partial charge in [-0.3, -0.25) is 9.36 Å². The van der Waals surface area contributed by atoms with Gasteiger partial charge < -0.3 is 19.7 Å². The summed E-state index contributed by atoms with van der Waals surface area (Å²) >= 11 is 0. The maximum atomic E-state index is 14.0. The number of benzene rings is 3. The van der Waals surface area contributed by atoms with Crippen LogP contribution in [0.3, 0.4) is 0 Å². The minimum Gasteiger partial charge on any atom is -0.497 e. The number of carbonyl (C=O) groups excluding carboxylic acids is 1. The average Bonchev–Trinajstić information content (AvgIpc) is 2.95. The summed E-state index contributed by atoms with van der Waals surface area (Å²) in [5, 5.41) is 3.54. The van der Waals surface area contributed by atoms with Gasteiger partial charge in [0.2, 0.25) is 0 Å². The molecule has 4 aromatic rings. The van der Waals surface area contributed by atoms with Crippen LogP contribution in [0.1, 0.15) is 56.1 Å². The lowest BCUT2D eigenvalue weighted by Gasteiger charge is -2.31. The molecule has 1 heterocycles. The Balaban J connectivity index is 1.83. The fourth-order valence-electron chi connectivity index (χ4n) is 4.95. The van der Waals surface area contributed by atoms with Crippen LogP contribution in [0.4, 0.5) is 10.5 Å². The van der Waals surface area contributed by atoms with Crippen LogP contribution < -0.4 is 20.3 Å². The molecule has 0 saturated carbocycles. The van der Waals surface area contributed by atoms with Crippen molar-refractivity contribution in [3.63, 3.8) is 0 Å². The van der Waals surface area contributed by atoms with Gasteiger partial charge in [-0.1, -0.05) is 49.6 Å². The second-order valence-corrected chi connectivity index (χ2v) is 9.99. The molecule has 1 N–H and O–H groups in total. The summed E-state index contributed by atoms with van der Waals surface area (Å²) in [7, 11) is 3.13. The van der Waals surface area contributed by atoms with Crippen molar-refractivity contribution < 1.29 is 14.3 Å². The highest BCUT2D eigenvalue weighted by Gasteiger charge is 2.28. The third-order valence-electron chi connectivity index (χ3n) is 7.15. The summed E-state index contributed by atoms with van der Waals surface area (Å²) in [4.78, 5) is 34.5. The van der Waals surface area contributed by atoms with Crippen LogP contribution in [0.5, 0.6) is 11.5 Å². The Morgan fingerprint density at radius 2 is 1.80 bits per heavy atom. The first-order chi connectivity index (χ1) is 19.3. The largest absolute Gasteiger partial charge is 0.497 e. The first kappa shape index (κ1) is 28.7. The number of rotatable bonds is 10. The Hall–Kier alpha value is -4.33. The fraction of sp³-hybridized carbons (Fsp3) is 0.344. The molecule has 0 fully saturated rings. The number of anilines is 1. The van der Waals surface area contributed by atoms with E-state index in [1.807, 2.05) is 57.2 Å². The molecule has 1 aromatic heterocycles. The van der Waals surface area contributed by atoms with Gasteiger partial charge >= 0.3 is 6.03 Å². The number of urea groups is 1. The molecule has 2 amide bonds. The van der Waals surface area contributed by atoms with Gasteiger partial charge in [0.25, 0.3) is 5.56 Å². The van der Waals surface area contributed by atoms with Gasteiger partial charge in [-0.2, -0.15) is 0 Å². The fourth-order valence-corrected chi connectivity index (χ4v) is 4.95. The van der Waals surface area contributed by atoms with Gasteiger partial charge in [0.05, 0.1) is 42.5 Å². The topological polar surface area (TPSA) is 85.7 Å². The number of unbranched alkanes of at least 4 members (excludes halogenated alkanes) is 2. The number of nitrogens with zero attached hydrogens (tertiary/aromatic N) is 3. The van der Waals surface area contributed by atoms with E-state index in [1.165, 1.54) is 0 Å². The summed E-state index contributed by atoms with van der Waals surface area (Å²) < 4.78 is 12.5. The van der Waals surface area contributed by atoms with Gasteiger partial charge in [-0.15, -0.1) is 0 Å². The highest BCUT2D eigenvalue weighted by Crippen LogP contribution is 2.31. The zero-order valence-corrected chi connectivity index (χ0v) is 24.2. The second-order valence-electron chi connectivity index (χ2n) is 9.99. The predicted octanol–water partition coefficient (Wildman–Crippen LogP) is 6.81. The van der Waals surface area contributed by atoms with E-state index in [9.17, 15) is 9.59 Å². The van der Waals surface area contributed by atoms with Crippen molar-refractivity contribution in [2.45, 2.75) is 53.0 Å². The van der Waals surface area contributed by atoms with Gasteiger partial charge in [0.1, 0.15) is 17.3 Å². The molecule has 1 unspecified atom stereocenters. The number of nitrogens with one attached hydrogen (secondary N) is 1. The van der Waals surface area contributed by atoms with E-state index in [4.69, 9.17) is 14.5 Å². The van der Waals surface area contributed by atoms with Crippen LogP contribution in [0, 0.1) is 13.8 Å². The van der Waals surface area contributed by atoms with E-state index < -0.39 is 6.04 Å². The van der Waals surface area contributed by atoms with Gasteiger partial charge in [-0.25, -0.2) is 9.78 Å². The molecule has 8 heteroatoms.